The molecule has 1 saturated heterocycles. The lowest BCUT2D eigenvalue weighted by Crippen LogP contribution is -2.32. The second-order valence-electron chi connectivity index (χ2n) is 7.94. The molecule has 2 aromatic heterocycles. The molecule has 0 aliphatic carbocycles. The zero-order chi connectivity index (χ0) is 21.9. The average Bonchev–Trinajstić information content (AvgIpc) is 3.42. The maximum atomic E-state index is 13.9. The van der Waals surface area contributed by atoms with Gasteiger partial charge in [0.1, 0.15) is 23.8 Å². The molecule has 3 aromatic rings. The Morgan fingerprint density at radius 2 is 2.09 bits per heavy atom. The van der Waals surface area contributed by atoms with E-state index in [-0.39, 0.29) is 29.6 Å². The smallest absolute Gasteiger partial charge is 0.258 e. The third-order valence-electron chi connectivity index (χ3n) is 5.82. The standard InChI is InChI=1S/C21H21ClFN5O3.ClH/c1-10-19(22)11(2)28-20(25-10)14-8-27(9-15(14)26-28)21(30)13-4-3-12(23)5-17(13)31-18-7-24-6-16(18)29;/h3-5,16,18,24,29H,6-9H2,1-2H3;1H/t16-,18-;/m0./s1. The van der Waals surface area contributed by atoms with Crippen LogP contribution in [0.3, 0.4) is 0 Å². The lowest BCUT2D eigenvalue weighted by molar-refractivity contribution is 0.0666. The normalized spacial score (nSPS) is 19.8. The Kier molecular flexibility index (Phi) is 6.02. The Labute approximate surface area is 194 Å². The van der Waals surface area contributed by atoms with Crippen molar-refractivity contribution in [1.29, 1.82) is 0 Å². The third kappa shape index (κ3) is 3.69. The van der Waals surface area contributed by atoms with E-state index in [1.807, 2.05) is 13.8 Å². The number of amides is 1. The van der Waals surface area contributed by atoms with Gasteiger partial charge in [-0.05, 0) is 26.0 Å². The van der Waals surface area contributed by atoms with Gasteiger partial charge >= 0.3 is 0 Å². The number of carbonyl (C=O) groups is 1. The molecule has 32 heavy (non-hydrogen) atoms. The summed E-state index contributed by atoms with van der Waals surface area (Å²) >= 11 is 6.29. The SMILES string of the molecule is Cc1nc2c3c(nn2c(C)c1Cl)CN(C(=O)c1ccc(F)cc1O[C@H]1CNC[C@@H]1O)C3.Cl. The molecule has 0 spiro atoms. The van der Waals surface area contributed by atoms with Gasteiger partial charge in [0.15, 0.2) is 5.65 Å². The van der Waals surface area contributed by atoms with Crippen molar-refractivity contribution >= 4 is 35.6 Å². The highest BCUT2D eigenvalue weighted by atomic mass is 35.5. The number of hydrogen-bond donors (Lipinski definition) is 2. The van der Waals surface area contributed by atoms with Crippen molar-refractivity contribution in [3.05, 3.63) is 57.2 Å². The molecule has 1 amide bonds. The fourth-order valence-corrected chi connectivity index (χ4v) is 4.24. The molecule has 2 aliphatic heterocycles. The number of fused-ring (bicyclic) bond motifs is 3. The van der Waals surface area contributed by atoms with Crippen LogP contribution in [0.1, 0.15) is 33.0 Å². The number of nitrogens with zero attached hydrogens (tertiary/aromatic N) is 4. The van der Waals surface area contributed by atoms with Crippen molar-refractivity contribution in [2.24, 2.45) is 0 Å². The van der Waals surface area contributed by atoms with Gasteiger partial charge in [0.2, 0.25) is 0 Å². The summed E-state index contributed by atoms with van der Waals surface area (Å²) in [6.45, 7) is 5.16. The zero-order valence-electron chi connectivity index (χ0n) is 17.4. The molecule has 1 aromatic carbocycles. The Morgan fingerprint density at radius 3 is 2.81 bits per heavy atom. The molecule has 2 aliphatic rings. The zero-order valence-corrected chi connectivity index (χ0v) is 19.0. The molecule has 0 bridgehead atoms. The van der Waals surface area contributed by atoms with Gasteiger partial charge in [-0.1, -0.05) is 11.6 Å². The number of nitrogens with one attached hydrogen (secondary N) is 1. The lowest BCUT2D eigenvalue weighted by Gasteiger charge is -2.21. The van der Waals surface area contributed by atoms with E-state index in [0.717, 1.165) is 17.0 Å². The number of aliphatic hydroxyl groups excluding tert-OH is 1. The molecule has 11 heteroatoms. The molecule has 8 nitrogen and oxygen atoms in total. The van der Waals surface area contributed by atoms with Crippen LogP contribution in [0.5, 0.6) is 5.75 Å². The highest BCUT2D eigenvalue weighted by Crippen LogP contribution is 2.32. The Morgan fingerprint density at radius 1 is 1.31 bits per heavy atom. The van der Waals surface area contributed by atoms with Crippen molar-refractivity contribution in [2.75, 3.05) is 13.1 Å². The van der Waals surface area contributed by atoms with E-state index in [1.54, 1.807) is 9.42 Å². The number of benzene rings is 1. The number of β-amino-alcohol motifs (C(OH)–C–C–N with tert-alkyl or cyclic N) is 1. The molecule has 4 heterocycles. The Hall–Kier alpha value is -2.46. The number of ether oxygens (including phenoxy) is 1. The van der Waals surface area contributed by atoms with Gasteiger partial charge in [-0.25, -0.2) is 13.9 Å². The van der Waals surface area contributed by atoms with Gasteiger partial charge in [-0.3, -0.25) is 4.79 Å². The summed E-state index contributed by atoms with van der Waals surface area (Å²) in [5.41, 5.74) is 4.06. The van der Waals surface area contributed by atoms with Crippen LogP contribution in [0, 0.1) is 19.7 Å². The summed E-state index contributed by atoms with van der Waals surface area (Å²) in [5.74, 6) is -0.691. The number of aromatic nitrogens is 3. The monoisotopic (exact) mass is 481 g/mol. The molecule has 1 fully saturated rings. The highest BCUT2D eigenvalue weighted by molar-refractivity contribution is 6.31. The fraction of sp³-hybridized carbons (Fsp3) is 0.381. The van der Waals surface area contributed by atoms with E-state index < -0.39 is 18.0 Å². The number of halogens is 3. The minimum absolute atomic E-state index is 0. The van der Waals surface area contributed by atoms with Gasteiger partial charge in [-0.15, -0.1) is 12.4 Å². The van der Waals surface area contributed by atoms with Crippen molar-refractivity contribution in [3.8, 4) is 5.75 Å². The van der Waals surface area contributed by atoms with Crippen molar-refractivity contribution in [1.82, 2.24) is 24.8 Å². The molecule has 0 saturated carbocycles. The predicted octanol–water partition coefficient (Wildman–Crippen LogP) is 2.43. The van der Waals surface area contributed by atoms with Gasteiger partial charge in [0.05, 0.1) is 40.8 Å². The van der Waals surface area contributed by atoms with E-state index in [1.165, 1.54) is 18.2 Å². The minimum atomic E-state index is -0.722. The molecule has 2 N–H and O–H groups in total. The summed E-state index contributed by atoms with van der Waals surface area (Å²) in [7, 11) is 0. The van der Waals surface area contributed by atoms with Gasteiger partial charge in [0, 0.05) is 24.7 Å². The van der Waals surface area contributed by atoms with Crippen LogP contribution >= 0.6 is 24.0 Å². The van der Waals surface area contributed by atoms with E-state index >= 15 is 0 Å². The maximum Gasteiger partial charge on any atom is 0.258 e. The first kappa shape index (κ1) is 22.7. The predicted molar refractivity (Wildman–Crippen MR) is 118 cm³/mol. The number of aliphatic hydroxyl groups is 1. The van der Waals surface area contributed by atoms with Crippen LogP contribution in [-0.2, 0) is 13.1 Å². The number of hydrogen-bond acceptors (Lipinski definition) is 6. The summed E-state index contributed by atoms with van der Waals surface area (Å²) in [4.78, 5) is 19.5. The van der Waals surface area contributed by atoms with Crippen LogP contribution in [0.4, 0.5) is 4.39 Å². The van der Waals surface area contributed by atoms with Crippen LogP contribution in [0.15, 0.2) is 18.2 Å². The largest absolute Gasteiger partial charge is 0.485 e. The molecule has 0 unspecified atom stereocenters. The van der Waals surface area contributed by atoms with Crippen molar-refractivity contribution < 1.29 is 19.0 Å². The van der Waals surface area contributed by atoms with Crippen LogP contribution in [-0.4, -0.2) is 55.8 Å². The van der Waals surface area contributed by atoms with Crippen molar-refractivity contribution in [2.45, 2.75) is 39.1 Å². The first-order valence-electron chi connectivity index (χ1n) is 10.0. The van der Waals surface area contributed by atoms with Crippen molar-refractivity contribution in [3.63, 3.8) is 0 Å². The van der Waals surface area contributed by atoms with Crippen LogP contribution in [0.25, 0.3) is 5.65 Å². The second-order valence-corrected chi connectivity index (χ2v) is 8.32. The second kappa shape index (κ2) is 8.47. The topological polar surface area (TPSA) is 92.0 Å². The van der Waals surface area contributed by atoms with Gasteiger partial charge in [-0.2, -0.15) is 5.10 Å². The minimum Gasteiger partial charge on any atom is -0.485 e. The Balaban J connectivity index is 0.00000245. The maximum absolute atomic E-state index is 13.9. The fourth-order valence-electron chi connectivity index (χ4n) is 4.12. The molecular formula is C21H22Cl2FN5O3. The number of rotatable bonds is 3. The van der Waals surface area contributed by atoms with Gasteiger partial charge in [0.25, 0.3) is 5.91 Å². The summed E-state index contributed by atoms with van der Waals surface area (Å²) in [6, 6.07) is 3.82. The van der Waals surface area contributed by atoms with Gasteiger partial charge < -0.3 is 20.1 Å². The first-order valence-corrected chi connectivity index (χ1v) is 10.4. The van der Waals surface area contributed by atoms with E-state index in [0.29, 0.717) is 42.5 Å². The molecular weight excluding hydrogens is 460 g/mol. The summed E-state index contributed by atoms with van der Waals surface area (Å²) < 4.78 is 21.4. The lowest BCUT2D eigenvalue weighted by atomic mass is 10.1. The molecule has 170 valence electrons. The Bertz CT molecular complexity index is 1220. The number of aryl methyl sites for hydroxylation is 2. The third-order valence-corrected chi connectivity index (χ3v) is 6.37. The molecule has 5 rings (SSSR count). The number of carbonyl (C=O) groups excluding carboxylic acids is 1. The first-order chi connectivity index (χ1) is 14.8. The van der Waals surface area contributed by atoms with Crippen LogP contribution in [0.2, 0.25) is 5.02 Å². The average molecular weight is 482 g/mol. The van der Waals surface area contributed by atoms with Crippen LogP contribution < -0.4 is 10.1 Å². The molecule has 0 radical (unpaired) electrons. The highest BCUT2D eigenvalue weighted by Gasteiger charge is 2.33. The van der Waals surface area contributed by atoms with E-state index in [2.05, 4.69) is 15.4 Å². The molecule has 2 atom stereocenters. The van der Waals surface area contributed by atoms with E-state index in [9.17, 15) is 14.3 Å². The summed E-state index contributed by atoms with van der Waals surface area (Å²) in [6.07, 6.45) is -1.27. The quantitative estimate of drug-likeness (QED) is 0.596. The van der Waals surface area contributed by atoms with E-state index in [4.69, 9.17) is 16.3 Å². The summed E-state index contributed by atoms with van der Waals surface area (Å²) in [5, 5.41) is 18.2.